The average molecular weight is 365 g/mol. The zero-order valence-electron chi connectivity index (χ0n) is 13.3. The van der Waals surface area contributed by atoms with Crippen LogP contribution in [-0.4, -0.2) is 38.1 Å². The second-order valence-corrected chi connectivity index (χ2v) is 7.25. The molecule has 3 N–H and O–H groups in total. The van der Waals surface area contributed by atoms with E-state index < -0.39 is 34.2 Å². The first kappa shape index (κ1) is 18.6. The number of hydrogen-bond acceptors (Lipinski definition) is 4. The van der Waals surface area contributed by atoms with Crippen LogP contribution in [0.15, 0.2) is 53.4 Å². The van der Waals surface area contributed by atoms with Gasteiger partial charge < -0.3 is 11.1 Å². The lowest BCUT2D eigenvalue weighted by Gasteiger charge is -2.17. The molecule has 2 aromatic rings. The number of sulfonamides is 1. The molecule has 0 bridgehead atoms. The third-order valence-electron chi connectivity index (χ3n) is 3.34. The zero-order chi connectivity index (χ0) is 18.6. The van der Waals surface area contributed by atoms with Crippen molar-refractivity contribution in [1.82, 2.24) is 4.31 Å². The number of halogens is 1. The first-order valence-electron chi connectivity index (χ1n) is 7.12. The van der Waals surface area contributed by atoms with Crippen molar-refractivity contribution in [2.75, 3.05) is 18.9 Å². The summed E-state index contributed by atoms with van der Waals surface area (Å²) in [6.07, 6.45) is 0. The van der Waals surface area contributed by atoms with Crippen molar-refractivity contribution in [1.29, 1.82) is 0 Å². The van der Waals surface area contributed by atoms with Crippen LogP contribution >= 0.6 is 0 Å². The van der Waals surface area contributed by atoms with E-state index in [-0.39, 0.29) is 10.5 Å². The minimum atomic E-state index is -3.92. The molecule has 0 unspecified atom stereocenters. The largest absolute Gasteiger partial charge is 0.366 e. The lowest BCUT2D eigenvalue weighted by Crippen LogP contribution is -2.35. The lowest BCUT2D eigenvalue weighted by atomic mass is 10.2. The monoisotopic (exact) mass is 365 g/mol. The zero-order valence-corrected chi connectivity index (χ0v) is 14.1. The summed E-state index contributed by atoms with van der Waals surface area (Å²) in [5.74, 6) is -1.72. The van der Waals surface area contributed by atoms with E-state index in [1.165, 1.54) is 31.3 Å². The van der Waals surface area contributed by atoms with Crippen molar-refractivity contribution in [2.45, 2.75) is 4.90 Å². The Bertz CT molecular complexity index is 881. The molecule has 0 aromatic heterocycles. The van der Waals surface area contributed by atoms with Crippen molar-refractivity contribution in [3.63, 3.8) is 0 Å². The molecule has 0 radical (unpaired) electrons. The third-order valence-corrected chi connectivity index (χ3v) is 5.16. The Kier molecular flexibility index (Phi) is 5.50. The van der Waals surface area contributed by atoms with Crippen LogP contribution in [0, 0.1) is 5.82 Å². The van der Waals surface area contributed by atoms with Gasteiger partial charge >= 0.3 is 0 Å². The second-order valence-electron chi connectivity index (χ2n) is 5.20. The van der Waals surface area contributed by atoms with E-state index in [1.54, 1.807) is 0 Å². The van der Waals surface area contributed by atoms with E-state index in [4.69, 9.17) is 5.73 Å². The van der Waals surface area contributed by atoms with Gasteiger partial charge in [-0.15, -0.1) is 0 Å². The van der Waals surface area contributed by atoms with E-state index in [2.05, 4.69) is 5.32 Å². The van der Waals surface area contributed by atoms with Crippen LogP contribution in [0.2, 0.25) is 0 Å². The van der Waals surface area contributed by atoms with Gasteiger partial charge in [-0.05, 0) is 48.5 Å². The molecule has 2 amide bonds. The van der Waals surface area contributed by atoms with Gasteiger partial charge in [0.15, 0.2) is 0 Å². The molecule has 132 valence electrons. The van der Waals surface area contributed by atoms with E-state index >= 15 is 0 Å². The molecule has 7 nitrogen and oxygen atoms in total. The summed E-state index contributed by atoms with van der Waals surface area (Å²) in [7, 11) is -2.67. The number of benzene rings is 2. The summed E-state index contributed by atoms with van der Waals surface area (Å²) >= 11 is 0. The smallest absolute Gasteiger partial charge is 0.248 e. The first-order valence-corrected chi connectivity index (χ1v) is 8.56. The van der Waals surface area contributed by atoms with E-state index in [0.717, 1.165) is 28.6 Å². The maximum atomic E-state index is 12.9. The van der Waals surface area contributed by atoms with Gasteiger partial charge in [0.1, 0.15) is 5.82 Å². The van der Waals surface area contributed by atoms with E-state index in [9.17, 15) is 22.4 Å². The van der Waals surface area contributed by atoms with Gasteiger partial charge in [-0.25, -0.2) is 12.8 Å². The second kappa shape index (κ2) is 7.41. The molecule has 0 atom stereocenters. The van der Waals surface area contributed by atoms with Gasteiger partial charge in [0.05, 0.1) is 11.4 Å². The number of carbonyl (C=O) groups is 2. The minimum Gasteiger partial charge on any atom is -0.366 e. The number of carbonyl (C=O) groups excluding carboxylic acids is 2. The number of amides is 2. The standard InChI is InChI=1S/C16H16FN3O4S/c1-20(25(23,24)14-8-4-12(17)5-9-14)10-15(21)19-13-6-2-11(3-7-13)16(18)22/h2-9H,10H2,1H3,(H2,18,22)(H,19,21). The average Bonchev–Trinajstić information content (AvgIpc) is 2.55. The van der Waals surface area contributed by atoms with Crippen molar-refractivity contribution in [2.24, 2.45) is 5.73 Å². The summed E-state index contributed by atoms with van der Waals surface area (Å²) < 4.78 is 38.4. The highest BCUT2D eigenvalue weighted by Crippen LogP contribution is 2.15. The summed E-state index contributed by atoms with van der Waals surface area (Å²) in [4.78, 5) is 22.9. The summed E-state index contributed by atoms with van der Waals surface area (Å²) in [6, 6.07) is 10.2. The number of nitrogens with zero attached hydrogens (tertiary/aromatic N) is 1. The van der Waals surface area contributed by atoms with Gasteiger partial charge in [-0.2, -0.15) is 4.31 Å². The van der Waals surface area contributed by atoms with Gasteiger partial charge in [-0.3, -0.25) is 9.59 Å². The van der Waals surface area contributed by atoms with Crippen LogP contribution in [0.25, 0.3) is 0 Å². The van der Waals surface area contributed by atoms with Crippen LogP contribution in [-0.2, 0) is 14.8 Å². The molecule has 2 rings (SSSR count). The van der Waals surface area contributed by atoms with Crippen LogP contribution in [0.3, 0.4) is 0 Å². The molecule has 9 heteroatoms. The highest BCUT2D eigenvalue weighted by molar-refractivity contribution is 7.89. The number of nitrogens with one attached hydrogen (secondary N) is 1. The Hall–Kier alpha value is -2.78. The van der Waals surface area contributed by atoms with Gasteiger partial charge in [0.2, 0.25) is 21.8 Å². The van der Waals surface area contributed by atoms with Crippen molar-refractivity contribution >= 4 is 27.5 Å². The number of hydrogen-bond donors (Lipinski definition) is 2. The number of nitrogens with two attached hydrogens (primary N) is 1. The van der Waals surface area contributed by atoms with Crippen LogP contribution in [0.5, 0.6) is 0 Å². The first-order chi connectivity index (χ1) is 11.7. The lowest BCUT2D eigenvalue weighted by molar-refractivity contribution is -0.116. The predicted molar refractivity (Wildman–Crippen MR) is 89.8 cm³/mol. The Balaban J connectivity index is 2.04. The summed E-state index contributed by atoms with van der Waals surface area (Å²) in [5, 5.41) is 2.51. The van der Waals surface area contributed by atoms with Crippen LogP contribution < -0.4 is 11.1 Å². The molecule has 2 aromatic carbocycles. The molecule has 0 heterocycles. The number of primary amides is 1. The van der Waals surface area contributed by atoms with Crippen molar-refractivity contribution in [3.05, 3.63) is 59.9 Å². The molecule has 0 spiro atoms. The molecule has 0 saturated carbocycles. The molecule has 0 aliphatic rings. The van der Waals surface area contributed by atoms with Gasteiger partial charge in [-0.1, -0.05) is 0 Å². The molecule has 25 heavy (non-hydrogen) atoms. The third kappa shape index (κ3) is 4.61. The molecule has 0 fully saturated rings. The van der Waals surface area contributed by atoms with Crippen molar-refractivity contribution < 1.29 is 22.4 Å². The van der Waals surface area contributed by atoms with Gasteiger partial charge in [0, 0.05) is 18.3 Å². The quantitative estimate of drug-likeness (QED) is 0.801. The molecular weight excluding hydrogens is 349 g/mol. The Morgan fingerprint density at radius 1 is 1.08 bits per heavy atom. The fourth-order valence-electron chi connectivity index (χ4n) is 1.99. The Morgan fingerprint density at radius 2 is 1.64 bits per heavy atom. The highest BCUT2D eigenvalue weighted by Gasteiger charge is 2.23. The maximum absolute atomic E-state index is 12.9. The van der Waals surface area contributed by atoms with Crippen LogP contribution in [0.1, 0.15) is 10.4 Å². The fraction of sp³-hybridized carbons (Fsp3) is 0.125. The van der Waals surface area contributed by atoms with Crippen molar-refractivity contribution in [3.8, 4) is 0 Å². The summed E-state index contributed by atoms with van der Waals surface area (Å²) in [5.41, 5.74) is 5.80. The molecular formula is C16H16FN3O4S. The Labute approximate surface area is 144 Å². The maximum Gasteiger partial charge on any atom is 0.248 e. The molecule has 0 saturated heterocycles. The number of anilines is 1. The number of likely N-dealkylation sites (N-methyl/N-ethyl adjacent to an activating group) is 1. The normalized spacial score (nSPS) is 11.3. The molecule has 0 aliphatic carbocycles. The predicted octanol–water partition coefficient (Wildman–Crippen LogP) is 1.18. The minimum absolute atomic E-state index is 0.116. The Morgan fingerprint density at radius 3 is 2.16 bits per heavy atom. The number of rotatable bonds is 6. The summed E-state index contributed by atoms with van der Waals surface area (Å²) in [6.45, 7) is -0.433. The fourth-order valence-corrected chi connectivity index (χ4v) is 3.12. The van der Waals surface area contributed by atoms with Gasteiger partial charge in [0.25, 0.3) is 0 Å². The van der Waals surface area contributed by atoms with E-state index in [0.29, 0.717) is 5.69 Å². The van der Waals surface area contributed by atoms with Crippen LogP contribution in [0.4, 0.5) is 10.1 Å². The highest BCUT2D eigenvalue weighted by atomic mass is 32.2. The topological polar surface area (TPSA) is 110 Å². The van der Waals surface area contributed by atoms with E-state index in [1.807, 2.05) is 0 Å². The SMILES string of the molecule is CN(CC(=O)Nc1ccc(C(N)=O)cc1)S(=O)(=O)c1ccc(F)cc1. The molecule has 0 aliphatic heterocycles.